The Morgan fingerprint density at radius 1 is 1.20 bits per heavy atom. The first kappa shape index (κ1) is 30.5. The van der Waals surface area contributed by atoms with Crippen molar-refractivity contribution in [2.24, 2.45) is 10.9 Å². The summed E-state index contributed by atoms with van der Waals surface area (Å²) in [7, 11) is 2.07. The van der Waals surface area contributed by atoms with Crippen molar-refractivity contribution < 1.29 is 4.79 Å². The van der Waals surface area contributed by atoms with E-state index < -0.39 is 0 Å². The predicted molar refractivity (Wildman–Crippen MR) is 151 cm³/mol. The lowest BCUT2D eigenvalue weighted by molar-refractivity contribution is -0.132. The van der Waals surface area contributed by atoms with Crippen molar-refractivity contribution in [3.8, 4) is 11.8 Å². The maximum atomic E-state index is 13.7. The van der Waals surface area contributed by atoms with Crippen molar-refractivity contribution in [1.82, 2.24) is 14.7 Å². The molecule has 0 spiro atoms. The van der Waals surface area contributed by atoms with Crippen LogP contribution < -0.4 is 0 Å². The first-order valence-corrected chi connectivity index (χ1v) is 13.2. The van der Waals surface area contributed by atoms with E-state index in [9.17, 15) is 4.79 Å². The first-order chi connectivity index (χ1) is 16.9. The summed E-state index contributed by atoms with van der Waals surface area (Å²) in [6, 6.07) is 0. The third-order valence-electron chi connectivity index (χ3n) is 5.92. The molecule has 194 valence electrons. The number of rotatable bonds is 11. The molecule has 0 aromatic carbocycles. The minimum atomic E-state index is -0.0860. The lowest BCUT2D eigenvalue weighted by atomic mass is 10.1. The number of hydrogen-bond donors (Lipinski definition) is 0. The summed E-state index contributed by atoms with van der Waals surface area (Å²) < 4.78 is 0. The molecule has 0 aliphatic carbocycles. The van der Waals surface area contributed by atoms with Crippen LogP contribution in [0, 0.1) is 17.8 Å². The number of carbonyl (C=O) groups excluding carboxylic acids is 1. The molecular formula is C30H48N4O. The Bertz CT molecular complexity index is 825. The van der Waals surface area contributed by atoms with Gasteiger partial charge >= 0.3 is 0 Å². The van der Waals surface area contributed by atoms with Crippen LogP contribution >= 0.6 is 0 Å². The van der Waals surface area contributed by atoms with Gasteiger partial charge in [-0.2, -0.15) is 0 Å². The van der Waals surface area contributed by atoms with E-state index in [0.29, 0.717) is 6.54 Å². The highest BCUT2D eigenvalue weighted by molar-refractivity contribution is 5.98. The molecule has 0 aromatic heterocycles. The van der Waals surface area contributed by atoms with Crippen LogP contribution in [0.15, 0.2) is 53.1 Å². The number of allylic oxidation sites excluding steroid dienone is 6. The highest BCUT2D eigenvalue weighted by Crippen LogP contribution is 2.14. The second-order valence-corrected chi connectivity index (χ2v) is 9.22. The fraction of sp³-hybridized carbons (Fsp3) is 0.600. The molecule has 1 aliphatic rings. The number of nitrogens with zero attached hydrogens (tertiary/aromatic N) is 4. The van der Waals surface area contributed by atoms with E-state index in [1.165, 1.54) is 5.57 Å². The predicted octanol–water partition coefficient (Wildman–Crippen LogP) is 5.68. The Morgan fingerprint density at radius 2 is 2.00 bits per heavy atom. The summed E-state index contributed by atoms with van der Waals surface area (Å²) in [4.78, 5) is 25.0. The van der Waals surface area contributed by atoms with Crippen LogP contribution in [0.5, 0.6) is 0 Å². The van der Waals surface area contributed by atoms with E-state index in [1.54, 1.807) is 0 Å². The van der Waals surface area contributed by atoms with E-state index in [0.717, 1.165) is 70.8 Å². The van der Waals surface area contributed by atoms with Crippen LogP contribution in [-0.2, 0) is 4.79 Å². The Kier molecular flexibility index (Phi) is 16.3. The summed E-state index contributed by atoms with van der Waals surface area (Å²) >= 11 is 0. The molecule has 5 nitrogen and oxygen atoms in total. The Morgan fingerprint density at radius 3 is 2.71 bits per heavy atom. The standard InChI is InChI=1S/C30H48N4O/c1-7-10-12-13-14-15-16-17-24-34-29(35)28(5)26-33(25-20-27(4)19-11-8-2)23-18-22-32(6)30(34)31-21-9-3/h8,11-13,15-16,20,28H,9,14,17-19,21-26H2,1-6H3/b11-8?,13-12-,16-15-,27-20+,31-30+. The SMILES string of the molecule is CC#C/C=C\C/C=C\CCN1C(=O)C(C)CN(C/C=C(\C)CC=CC)CCCN(C)/C1=N\CCC. The molecule has 1 atom stereocenters. The molecule has 1 unspecified atom stereocenters. The second kappa shape index (κ2) is 18.7. The highest BCUT2D eigenvalue weighted by Gasteiger charge is 2.28. The van der Waals surface area contributed by atoms with Gasteiger partial charge in [-0.1, -0.05) is 61.8 Å². The summed E-state index contributed by atoms with van der Waals surface area (Å²) in [5.41, 5.74) is 1.37. The largest absolute Gasteiger partial charge is 0.345 e. The zero-order valence-electron chi connectivity index (χ0n) is 23.1. The van der Waals surface area contributed by atoms with E-state index in [4.69, 9.17) is 4.99 Å². The molecule has 1 fully saturated rings. The van der Waals surface area contributed by atoms with Gasteiger partial charge < -0.3 is 4.90 Å². The van der Waals surface area contributed by atoms with E-state index in [1.807, 2.05) is 17.9 Å². The Labute approximate surface area is 215 Å². The number of aliphatic imine (C=N–C) groups is 1. The van der Waals surface area contributed by atoms with Gasteiger partial charge in [-0.3, -0.25) is 19.6 Å². The maximum absolute atomic E-state index is 13.7. The molecule has 0 aromatic rings. The van der Waals surface area contributed by atoms with Gasteiger partial charge in [0, 0.05) is 52.2 Å². The molecule has 0 bridgehead atoms. The van der Waals surface area contributed by atoms with Gasteiger partial charge in [0.2, 0.25) is 11.9 Å². The first-order valence-electron chi connectivity index (χ1n) is 13.2. The van der Waals surface area contributed by atoms with Crippen molar-refractivity contribution in [2.45, 2.75) is 66.7 Å². The number of carbonyl (C=O) groups is 1. The molecular weight excluding hydrogens is 432 g/mol. The summed E-state index contributed by atoms with van der Waals surface area (Å²) in [5.74, 6) is 6.70. The number of amides is 1. The van der Waals surface area contributed by atoms with Crippen molar-refractivity contribution in [1.29, 1.82) is 0 Å². The summed E-state index contributed by atoms with van der Waals surface area (Å²) in [5, 5.41) is 0. The van der Waals surface area contributed by atoms with Crippen LogP contribution in [-0.4, -0.2) is 72.9 Å². The molecule has 35 heavy (non-hydrogen) atoms. The lowest BCUT2D eigenvalue weighted by Crippen LogP contribution is -2.51. The highest BCUT2D eigenvalue weighted by atomic mass is 16.2. The average Bonchev–Trinajstić information content (AvgIpc) is 2.85. The van der Waals surface area contributed by atoms with Crippen molar-refractivity contribution in [3.05, 3.63) is 48.1 Å². The minimum Gasteiger partial charge on any atom is -0.345 e. The van der Waals surface area contributed by atoms with Gasteiger partial charge in [0.1, 0.15) is 0 Å². The normalized spacial score (nSPS) is 20.4. The molecule has 1 heterocycles. The molecule has 0 N–H and O–H groups in total. The Hall–Kier alpha value is -2.58. The molecule has 1 rings (SSSR count). The number of hydrogen-bond acceptors (Lipinski definition) is 3. The smallest absolute Gasteiger partial charge is 0.233 e. The minimum absolute atomic E-state index is 0.0860. The molecule has 1 aliphatic heterocycles. The van der Waals surface area contributed by atoms with Gasteiger partial charge in [-0.05, 0) is 59.0 Å². The van der Waals surface area contributed by atoms with E-state index >= 15 is 0 Å². The Balaban J connectivity index is 2.98. The topological polar surface area (TPSA) is 39.2 Å². The summed E-state index contributed by atoms with van der Waals surface area (Å²) in [6.45, 7) is 15.2. The zero-order chi connectivity index (χ0) is 25.9. The van der Waals surface area contributed by atoms with Crippen LogP contribution in [0.25, 0.3) is 0 Å². The third kappa shape index (κ3) is 12.6. The third-order valence-corrected chi connectivity index (χ3v) is 5.92. The maximum Gasteiger partial charge on any atom is 0.233 e. The van der Waals surface area contributed by atoms with Crippen molar-refractivity contribution >= 4 is 11.9 Å². The van der Waals surface area contributed by atoms with E-state index in [-0.39, 0.29) is 11.8 Å². The molecule has 1 amide bonds. The molecule has 0 radical (unpaired) electrons. The van der Waals surface area contributed by atoms with Crippen LogP contribution in [0.3, 0.4) is 0 Å². The van der Waals surface area contributed by atoms with Gasteiger partial charge in [0.15, 0.2) is 0 Å². The molecule has 5 heteroatoms. The van der Waals surface area contributed by atoms with Crippen LogP contribution in [0.1, 0.15) is 66.7 Å². The quantitative estimate of drug-likeness (QED) is 0.282. The van der Waals surface area contributed by atoms with Gasteiger partial charge in [0.25, 0.3) is 0 Å². The van der Waals surface area contributed by atoms with Gasteiger partial charge in [0.05, 0.1) is 0 Å². The summed E-state index contributed by atoms with van der Waals surface area (Å²) in [6.07, 6.45) is 19.5. The van der Waals surface area contributed by atoms with Crippen molar-refractivity contribution in [2.75, 3.05) is 46.3 Å². The van der Waals surface area contributed by atoms with Gasteiger partial charge in [-0.25, -0.2) is 0 Å². The molecule has 1 saturated heterocycles. The fourth-order valence-corrected chi connectivity index (χ4v) is 3.93. The molecule has 0 saturated carbocycles. The zero-order valence-corrected chi connectivity index (χ0v) is 23.1. The monoisotopic (exact) mass is 480 g/mol. The van der Waals surface area contributed by atoms with Crippen LogP contribution in [0.4, 0.5) is 0 Å². The second-order valence-electron chi connectivity index (χ2n) is 9.22. The fourth-order valence-electron chi connectivity index (χ4n) is 3.93. The van der Waals surface area contributed by atoms with Crippen molar-refractivity contribution in [3.63, 3.8) is 0 Å². The number of guanidine groups is 1. The van der Waals surface area contributed by atoms with Gasteiger partial charge in [-0.15, -0.1) is 5.92 Å². The van der Waals surface area contributed by atoms with Crippen LogP contribution in [0.2, 0.25) is 0 Å². The van der Waals surface area contributed by atoms with E-state index in [2.05, 4.69) is 92.8 Å². The average molecular weight is 481 g/mol. The lowest BCUT2D eigenvalue weighted by Gasteiger charge is -2.36.